The number of fused-ring (bicyclic) bond motifs is 1. The maximum Gasteiger partial charge on any atom is 0.100 e. The number of hydrogen-bond donors (Lipinski definition) is 2. The summed E-state index contributed by atoms with van der Waals surface area (Å²) in [5.41, 5.74) is 3.70. The van der Waals surface area contributed by atoms with E-state index in [1.165, 1.54) is 16.5 Å². The van der Waals surface area contributed by atoms with Crippen LogP contribution in [0.4, 0.5) is 0 Å². The number of hydrogen-bond acceptors (Lipinski definition) is 3. The molecule has 1 aromatic carbocycles. The van der Waals surface area contributed by atoms with Gasteiger partial charge in [0.2, 0.25) is 0 Å². The SMILES string of the molecule is Cn1cncc1[C@H]1C[C@@H](NCc2cccc3[nH]ccc23)CCO1. The molecule has 2 N–H and O–H groups in total. The van der Waals surface area contributed by atoms with Gasteiger partial charge in [0.05, 0.1) is 18.2 Å². The molecule has 2 aromatic heterocycles. The number of nitrogens with one attached hydrogen (secondary N) is 2. The summed E-state index contributed by atoms with van der Waals surface area (Å²) in [5.74, 6) is 0. The Balaban J connectivity index is 1.43. The second-order valence-corrected chi connectivity index (χ2v) is 6.25. The lowest BCUT2D eigenvalue weighted by Gasteiger charge is -2.30. The van der Waals surface area contributed by atoms with Gasteiger partial charge in [-0.05, 0) is 30.5 Å². The lowest BCUT2D eigenvalue weighted by Crippen LogP contribution is -2.36. The molecule has 0 radical (unpaired) electrons. The van der Waals surface area contributed by atoms with E-state index < -0.39 is 0 Å². The Morgan fingerprint density at radius 2 is 2.35 bits per heavy atom. The Labute approximate surface area is 135 Å². The zero-order chi connectivity index (χ0) is 15.6. The van der Waals surface area contributed by atoms with Crippen LogP contribution in [0.1, 0.15) is 30.2 Å². The molecule has 120 valence electrons. The molecule has 1 fully saturated rings. The monoisotopic (exact) mass is 310 g/mol. The number of imidazole rings is 1. The highest BCUT2D eigenvalue weighted by Crippen LogP contribution is 2.28. The number of nitrogens with zero attached hydrogens (tertiary/aromatic N) is 2. The van der Waals surface area contributed by atoms with E-state index in [2.05, 4.69) is 39.6 Å². The fourth-order valence-electron chi connectivity index (χ4n) is 3.43. The van der Waals surface area contributed by atoms with E-state index in [9.17, 15) is 0 Å². The Morgan fingerprint density at radius 1 is 1.39 bits per heavy atom. The summed E-state index contributed by atoms with van der Waals surface area (Å²) in [7, 11) is 2.02. The van der Waals surface area contributed by atoms with Gasteiger partial charge < -0.3 is 19.6 Å². The summed E-state index contributed by atoms with van der Waals surface area (Å²) in [4.78, 5) is 7.48. The first-order valence-electron chi connectivity index (χ1n) is 8.17. The molecule has 4 rings (SSSR count). The van der Waals surface area contributed by atoms with E-state index >= 15 is 0 Å². The van der Waals surface area contributed by atoms with E-state index in [0.717, 1.165) is 31.7 Å². The van der Waals surface area contributed by atoms with Crippen LogP contribution >= 0.6 is 0 Å². The molecule has 1 aliphatic heterocycles. The number of benzene rings is 1. The van der Waals surface area contributed by atoms with Crippen LogP contribution < -0.4 is 5.32 Å². The number of aryl methyl sites for hydroxylation is 1. The van der Waals surface area contributed by atoms with Gasteiger partial charge in [0.25, 0.3) is 0 Å². The molecule has 5 heteroatoms. The number of H-pyrrole nitrogens is 1. The molecule has 0 spiro atoms. The molecule has 0 aliphatic carbocycles. The van der Waals surface area contributed by atoms with Crippen molar-refractivity contribution >= 4 is 10.9 Å². The fourth-order valence-corrected chi connectivity index (χ4v) is 3.43. The first-order chi connectivity index (χ1) is 11.3. The van der Waals surface area contributed by atoms with Gasteiger partial charge in [0, 0.05) is 43.3 Å². The van der Waals surface area contributed by atoms with E-state index in [0.29, 0.717) is 6.04 Å². The summed E-state index contributed by atoms with van der Waals surface area (Å²) in [5, 5.41) is 5.01. The fraction of sp³-hybridized carbons (Fsp3) is 0.389. The molecule has 23 heavy (non-hydrogen) atoms. The van der Waals surface area contributed by atoms with Crippen LogP contribution in [0.25, 0.3) is 10.9 Å². The normalized spacial score (nSPS) is 21.8. The summed E-state index contributed by atoms with van der Waals surface area (Å²) < 4.78 is 7.99. The number of aromatic amines is 1. The molecule has 1 aliphatic rings. The van der Waals surface area contributed by atoms with Crippen molar-refractivity contribution in [3.63, 3.8) is 0 Å². The van der Waals surface area contributed by atoms with E-state index in [1.54, 1.807) is 0 Å². The summed E-state index contributed by atoms with van der Waals surface area (Å²) >= 11 is 0. The second kappa shape index (κ2) is 6.18. The summed E-state index contributed by atoms with van der Waals surface area (Å²) in [6.45, 7) is 1.68. The van der Waals surface area contributed by atoms with Crippen molar-refractivity contribution in [2.45, 2.75) is 31.5 Å². The second-order valence-electron chi connectivity index (χ2n) is 6.25. The molecule has 3 aromatic rings. The van der Waals surface area contributed by atoms with E-state index in [1.807, 2.05) is 30.3 Å². The zero-order valence-corrected chi connectivity index (χ0v) is 13.3. The van der Waals surface area contributed by atoms with Crippen molar-refractivity contribution in [1.82, 2.24) is 19.9 Å². The van der Waals surface area contributed by atoms with Crippen molar-refractivity contribution in [3.05, 3.63) is 54.2 Å². The molecule has 5 nitrogen and oxygen atoms in total. The third kappa shape index (κ3) is 2.90. The van der Waals surface area contributed by atoms with Gasteiger partial charge in [0.1, 0.15) is 6.10 Å². The number of aromatic nitrogens is 3. The summed E-state index contributed by atoms with van der Waals surface area (Å²) in [6.07, 6.45) is 7.92. The lowest BCUT2D eigenvalue weighted by atomic mass is 10.0. The quantitative estimate of drug-likeness (QED) is 0.779. The lowest BCUT2D eigenvalue weighted by molar-refractivity contribution is -0.00402. The van der Waals surface area contributed by atoms with Crippen LogP contribution in [0.2, 0.25) is 0 Å². The smallest absolute Gasteiger partial charge is 0.100 e. The molecule has 0 bridgehead atoms. The Kier molecular flexibility index (Phi) is 3.89. The minimum Gasteiger partial charge on any atom is -0.372 e. The van der Waals surface area contributed by atoms with Crippen LogP contribution in [0.3, 0.4) is 0 Å². The predicted octanol–water partition coefficient (Wildman–Crippen LogP) is 2.91. The highest BCUT2D eigenvalue weighted by Gasteiger charge is 2.25. The molecule has 2 atom stereocenters. The van der Waals surface area contributed by atoms with Gasteiger partial charge in [0.15, 0.2) is 0 Å². The van der Waals surface area contributed by atoms with Crippen molar-refractivity contribution in [1.29, 1.82) is 0 Å². The minimum absolute atomic E-state index is 0.136. The van der Waals surface area contributed by atoms with Crippen LogP contribution in [-0.2, 0) is 18.3 Å². The van der Waals surface area contributed by atoms with Crippen molar-refractivity contribution < 1.29 is 4.74 Å². The largest absolute Gasteiger partial charge is 0.372 e. The third-order valence-electron chi connectivity index (χ3n) is 4.73. The third-order valence-corrected chi connectivity index (χ3v) is 4.73. The average molecular weight is 310 g/mol. The van der Waals surface area contributed by atoms with Crippen molar-refractivity contribution in [2.24, 2.45) is 7.05 Å². The standard InChI is InChI=1S/C18H22N4O/c1-22-12-19-11-17(22)18-9-14(6-8-23-18)21-10-13-3-2-4-16-15(13)5-7-20-16/h2-5,7,11-12,14,18,20-21H,6,8-10H2,1H3/t14-,18+/m0/s1. The topological polar surface area (TPSA) is 54.9 Å². The Hall–Kier alpha value is -2.11. The maximum atomic E-state index is 5.94. The van der Waals surface area contributed by atoms with Crippen molar-refractivity contribution in [3.8, 4) is 0 Å². The predicted molar refractivity (Wildman–Crippen MR) is 90.1 cm³/mol. The molecular weight excluding hydrogens is 288 g/mol. The first kappa shape index (κ1) is 14.5. The summed E-state index contributed by atoms with van der Waals surface area (Å²) in [6, 6.07) is 9.04. The van der Waals surface area contributed by atoms with Crippen LogP contribution in [0, 0.1) is 0 Å². The van der Waals surface area contributed by atoms with Gasteiger partial charge >= 0.3 is 0 Å². The molecule has 3 heterocycles. The van der Waals surface area contributed by atoms with Gasteiger partial charge in [-0.3, -0.25) is 0 Å². The van der Waals surface area contributed by atoms with Gasteiger partial charge in [-0.1, -0.05) is 12.1 Å². The molecule has 1 saturated heterocycles. The minimum atomic E-state index is 0.136. The zero-order valence-electron chi connectivity index (χ0n) is 13.3. The van der Waals surface area contributed by atoms with Gasteiger partial charge in [-0.25, -0.2) is 4.98 Å². The maximum absolute atomic E-state index is 5.94. The first-order valence-corrected chi connectivity index (χ1v) is 8.17. The van der Waals surface area contributed by atoms with Gasteiger partial charge in [-0.15, -0.1) is 0 Å². The van der Waals surface area contributed by atoms with Crippen LogP contribution in [-0.4, -0.2) is 27.2 Å². The highest BCUT2D eigenvalue weighted by molar-refractivity contribution is 5.82. The molecule has 0 unspecified atom stereocenters. The van der Waals surface area contributed by atoms with Crippen LogP contribution in [0.15, 0.2) is 43.0 Å². The van der Waals surface area contributed by atoms with Crippen molar-refractivity contribution in [2.75, 3.05) is 6.61 Å². The molecular formula is C18H22N4O. The molecule has 0 amide bonds. The average Bonchev–Trinajstić information content (AvgIpc) is 3.22. The van der Waals surface area contributed by atoms with E-state index in [4.69, 9.17) is 4.74 Å². The van der Waals surface area contributed by atoms with E-state index in [-0.39, 0.29) is 6.10 Å². The van der Waals surface area contributed by atoms with Crippen LogP contribution in [0.5, 0.6) is 0 Å². The highest BCUT2D eigenvalue weighted by atomic mass is 16.5. The Morgan fingerprint density at radius 3 is 3.22 bits per heavy atom. The van der Waals surface area contributed by atoms with Gasteiger partial charge in [-0.2, -0.15) is 0 Å². The number of ether oxygens (including phenoxy) is 1. The number of rotatable bonds is 4. The Bertz CT molecular complexity index is 791. The molecule has 0 saturated carbocycles.